The molecule has 0 radical (unpaired) electrons. The molecule has 0 bridgehead atoms. The van der Waals surface area contributed by atoms with Crippen molar-refractivity contribution in [1.82, 2.24) is 0 Å². The Balaban J connectivity index is 1.43. The fraction of sp³-hybridized carbons (Fsp3) is 0.179. The van der Waals surface area contributed by atoms with Gasteiger partial charge in [0.15, 0.2) is 0 Å². The minimum Gasteiger partial charge on any atom is -0.351 e. The van der Waals surface area contributed by atoms with Gasteiger partial charge in [0.25, 0.3) is 0 Å². The lowest BCUT2D eigenvalue weighted by atomic mass is 9.88. The van der Waals surface area contributed by atoms with Gasteiger partial charge in [0, 0.05) is 16.4 Å². The molecular formula is C28H22ClN3O3. The van der Waals surface area contributed by atoms with E-state index in [1.54, 1.807) is 36.4 Å². The lowest BCUT2D eigenvalue weighted by molar-refractivity contribution is -0.126. The van der Waals surface area contributed by atoms with Crippen LogP contribution in [0.2, 0.25) is 5.02 Å². The zero-order valence-electron chi connectivity index (χ0n) is 18.9. The zero-order valence-corrected chi connectivity index (χ0v) is 19.6. The van der Waals surface area contributed by atoms with Crippen LogP contribution in [-0.2, 0) is 14.4 Å². The van der Waals surface area contributed by atoms with Gasteiger partial charge in [-0.1, -0.05) is 59.6 Å². The molecule has 0 spiro atoms. The van der Waals surface area contributed by atoms with Crippen molar-refractivity contribution in [2.24, 2.45) is 11.8 Å². The maximum Gasteiger partial charge on any atom is 0.247 e. The summed E-state index contributed by atoms with van der Waals surface area (Å²) < 4.78 is 0. The molecule has 1 N–H and O–H groups in total. The van der Waals surface area contributed by atoms with Crippen LogP contribution in [0.3, 0.4) is 0 Å². The van der Waals surface area contributed by atoms with E-state index in [9.17, 15) is 14.4 Å². The molecule has 2 saturated heterocycles. The molecule has 35 heavy (non-hydrogen) atoms. The predicted octanol–water partition coefficient (Wildman–Crippen LogP) is 4.68. The first-order valence-electron chi connectivity index (χ1n) is 11.5. The second kappa shape index (κ2) is 8.10. The van der Waals surface area contributed by atoms with E-state index in [0.29, 0.717) is 16.4 Å². The topological polar surface area (TPSA) is 69.7 Å². The summed E-state index contributed by atoms with van der Waals surface area (Å²) in [5.74, 6) is -2.42. The van der Waals surface area contributed by atoms with Crippen LogP contribution >= 0.6 is 11.6 Å². The molecular weight excluding hydrogens is 462 g/mol. The van der Waals surface area contributed by atoms with Crippen molar-refractivity contribution in [3.63, 3.8) is 0 Å². The number of carbonyl (C=O) groups excluding carboxylic acids is 3. The molecule has 7 heteroatoms. The van der Waals surface area contributed by atoms with Crippen molar-refractivity contribution in [2.75, 3.05) is 15.1 Å². The molecule has 3 heterocycles. The number of nitrogens with zero attached hydrogens (tertiary/aromatic N) is 2. The molecule has 4 atom stereocenters. The fourth-order valence-electron chi connectivity index (χ4n) is 5.51. The fourth-order valence-corrected chi connectivity index (χ4v) is 5.64. The second-order valence-corrected chi connectivity index (χ2v) is 9.59. The molecule has 3 amide bonds. The van der Waals surface area contributed by atoms with Crippen molar-refractivity contribution in [2.45, 2.75) is 19.0 Å². The summed E-state index contributed by atoms with van der Waals surface area (Å²) in [6.07, 6.45) is 3.92. The summed E-state index contributed by atoms with van der Waals surface area (Å²) in [4.78, 5) is 44.5. The number of nitrogens with one attached hydrogen (secondary N) is 1. The summed E-state index contributed by atoms with van der Waals surface area (Å²) in [6.45, 7) is 1.95. The Bertz CT molecular complexity index is 1380. The van der Waals surface area contributed by atoms with Gasteiger partial charge < -0.3 is 10.2 Å². The number of halogens is 1. The van der Waals surface area contributed by atoms with Crippen LogP contribution in [0.1, 0.15) is 11.1 Å². The van der Waals surface area contributed by atoms with Crippen LogP contribution in [-0.4, -0.2) is 29.8 Å². The Kier molecular flexibility index (Phi) is 5.00. The van der Waals surface area contributed by atoms with Crippen LogP contribution in [0.4, 0.5) is 17.1 Å². The van der Waals surface area contributed by atoms with Crippen LogP contribution in [0.5, 0.6) is 0 Å². The normalized spacial score (nSPS) is 24.3. The lowest BCUT2D eigenvalue weighted by Gasteiger charge is -2.36. The zero-order chi connectivity index (χ0) is 24.3. The molecule has 3 aromatic rings. The number of hydrogen-bond acceptors (Lipinski definition) is 4. The van der Waals surface area contributed by atoms with E-state index in [-0.39, 0.29) is 17.7 Å². The number of para-hydroxylation sites is 1. The predicted molar refractivity (Wildman–Crippen MR) is 136 cm³/mol. The van der Waals surface area contributed by atoms with Crippen LogP contribution in [0, 0.1) is 18.8 Å². The summed E-state index contributed by atoms with van der Waals surface area (Å²) in [5, 5.41) is 3.50. The Morgan fingerprint density at radius 3 is 2.31 bits per heavy atom. The highest BCUT2D eigenvalue weighted by molar-refractivity contribution is 6.30. The third-order valence-corrected chi connectivity index (χ3v) is 7.34. The van der Waals surface area contributed by atoms with E-state index in [2.05, 4.69) is 5.32 Å². The first kappa shape index (κ1) is 21.6. The van der Waals surface area contributed by atoms with E-state index < -0.39 is 23.9 Å². The van der Waals surface area contributed by atoms with Gasteiger partial charge in [-0.15, -0.1) is 0 Å². The standard InChI is InChI=1S/C28H22ClN3O3/c1-16-6-13-20(14-7-16)31-27(34)23-22-15-8-17-4-2-3-5-21(17)32(22)25(24(23)28(31)35)26(33)30-19-11-9-18(29)10-12-19/h2-15,22-25H,1H3,(H,30,33)/t22-,23-,24-,25+/m1/s1. The SMILES string of the molecule is Cc1ccc(N2C(=O)[C@@H]3[C@H](C2=O)[C@H]2C=Cc4ccccc4N2[C@@H]3C(=O)Nc2ccc(Cl)cc2)cc1. The van der Waals surface area contributed by atoms with Crippen LogP contribution in [0.15, 0.2) is 78.9 Å². The van der Waals surface area contributed by atoms with Gasteiger partial charge in [-0.3, -0.25) is 14.4 Å². The number of aryl methyl sites for hydroxylation is 1. The van der Waals surface area contributed by atoms with E-state index in [0.717, 1.165) is 16.8 Å². The number of fused-ring (bicyclic) bond motifs is 5. The first-order valence-corrected chi connectivity index (χ1v) is 11.9. The van der Waals surface area contributed by atoms with Crippen molar-refractivity contribution in [1.29, 1.82) is 0 Å². The van der Waals surface area contributed by atoms with Gasteiger partial charge in [0.05, 0.1) is 23.6 Å². The van der Waals surface area contributed by atoms with Gasteiger partial charge in [0.2, 0.25) is 17.7 Å². The average molecular weight is 484 g/mol. The average Bonchev–Trinajstić information content (AvgIpc) is 3.34. The number of benzene rings is 3. The number of anilines is 3. The number of carbonyl (C=O) groups is 3. The van der Waals surface area contributed by atoms with Gasteiger partial charge in [-0.25, -0.2) is 4.90 Å². The molecule has 174 valence electrons. The molecule has 0 saturated carbocycles. The third kappa shape index (κ3) is 3.36. The van der Waals surface area contributed by atoms with E-state index >= 15 is 0 Å². The molecule has 6 rings (SSSR count). The summed E-state index contributed by atoms with van der Waals surface area (Å²) in [5.41, 5.74) is 3.93. The van der Waals surface area contributed by atoms with E-state index in [1.165, 1.54) is 4.90 Å². The summed E-state index contributed by atoms with van der Waals surface area (Å²) >= 11 is 6.00. The van der Waals surface area contributed by atoms with Crippen molar-refractivity contribution >= 4 is 52.5 Å². The van der Waals surface area contributed by atoms with Crippen molar-refractivity contribution in [3.8, 4) is 0 Å². The quantitative estimate of drug-likeness (QED) is 0.549. The smallest absolute Gasteiger partial charge is 0.247 e. The number of rotatable bonds is 3. The van der Waals surface area contributed by atoms with Crippen LogP contribution in [0.25, 0.3) is 6.08 Å². The third-order valence-electron chi connectivity index (χ3n) is 7.09. The van der Waals surface area contributed by atoms with E-state index in [4.69, 9.17) is 11.6 Å². The minimum absolute atomic E-state index is 0.273. The van der Waals surface area contributed by atoms with Gasteiger partial charge in [0.1, 0.15) is 6.04 Å². The van der Waals surface area contributed by atoms with Crippen LogP contribution < -0.4 is 15.1 Å². The first-order chi connectivity index (χ1) is 16.9. The maximum atomic E-state index is 13.8. The highest BCUT2D eigenvalue weighted by atomic mass is 35.5. The number of hydrogen-bond donors (Lipinski definition) is 1. The highest BCUT2D eigenvalue weighted by Gasteiger charge is 2.64. The van der Waals surface area contributed by atoms with E-state index in [1.807, 2.05) is 60.4 Å². The number of amides is 3. The number of imide groups is 1. The van der Waals surface area contributed by atoms with Crippen molar-refractivity contribution < 1.29 is 14.4 Å². The van der Waals surface area contributed by atoms with Gasteiger partial charge in [-0.2, -0.15) is 0 Å². The Morgan fingerprint density at radius 1 is 0.886 bits per heavy atom. The monoisotopic (exact) mass is 483 g/mol. The molecule has 2 fully saturated rings. The second-order valence-electron chi connectivity index (χ2n) is 9.16. The Morgan fingerprint density at radius 2 is 1.57 bits per heavy atom. The Hall–Kier alpha value is -3.90. The molecule has 6 nitrogen and oxygen atoms in total. The molecule has 0 unspecified atom stereocenters. The summed E-state index contributed by atoms with van der Waals surface area (Å²) in [6, 6.07) is 20.6. The van der Waals surface area contributed by atoms with Gasteiger partial charge >= 0.3 is 0 Å². The molecule has 3 aliphatic heterocycles. The highest BCUT2D eigenvalue weighted by Crippen LogP contribution is 2.49. The largest absolute Gasteiger partial charge is 0.351 e. The molecule has 0 aliphatic carbocycles. The molecule has 3 aromatic carbocycles. The lowest BCUT2D eigenvalue weighted by Crippen LogP contribution is -2.50. The molecule has 3 aliphatic rings. The van der Waals surface area contributed by atoms with Gasteiger partial charge in [-0.05, 0) is 55.0 Å². The van der Waals surface area contributed by atoms with Crippen molar-refractivity contribution in [3.05, 3.63) is 95.0 Å². The summed E-state index contributed by atoms with van der Waals surface area (Å²) in [7, 11) is 0. The Labute approximate surface area is 207 Å². The minimum atomic E-state index is -0.848. The maximum absolute atomic E-state index is 13.8. The molecule has 0 aromatic heterocycles.